The van der Waals surface area contributed by atoms with Crippen LogP contribution in [0.5, 0.6) is 0 Å². The van der Waals surface area contributed by atoms with Crippen molar-refractivity contribution in [3.63, 3.8) is 0 Å². The first-order valence-corrected chi connectivity index (χ1v) is 10.9. The van der Waals surface area contributed by atoms with Crippen molar-refractivity contribution < 1.29 is 14.3 Å². The molecule has 31 heavy (non-hydrogen) atoms. The van der Waals surface area contributed by atoms with Gasteiger partial charge in [-0.05, 0) is 12.8 Å². The molecule has 0 saturated carbocycles. The number of amides is 2. The molecule has 0 aliphatic carbocycles. The van der Waals surface area contributed by atoms with Crippen LogP contribution in [0.15, 0.2) is 10.9 Å². The molecule has 4 rings (SSSR count). The van der Waals surface area contributed by atoms with Crippen LogP contribution in [0.4, 0.5) is 0 Å². The summed E-state index contributed by atoms with van der Waals surface area (Å²) < 4.78 is 6.41. The van der Waals surface area contributed by atoms with Gasteiger partial charge in [0.25, 0.3) is 5.56 Å². The first-order valence-electron chi connectivity index (χ1n) is 10.9. The smallest absolute Gasteiger partial charge is 0.277 e. The summed E-state index contributed by atoms with van der Waals surface area (Å²) in [4.78, 5) is 46.4. The zero-order valence-electron chi connectivity index (χ0n) is 18.7. The van der Waals surface area contributed by atoms with Gasteiger partial charge in [-0.1, -0.05) is 20.8 Å². The Balaban J connectivity index is 1.61. The minimum Gasteiger partial charge on any atom is -0.375 e. The SMILES string of the molecule is COCC(=O)N1CCc2nc3cc(C4CCCN(C(=O)C(C)(C)C)C4)[nH]n3c(=O)c2C1. The molecule has 0 radical (unpaired) electrons. The van der Waals surface area contributed by atoms with Crippen molar-refractivity contribution in [1.29, 1.82) is 0 Å². The minimum atomic E-state index is -0.411. The van der Waals surface area contributed by atoms with E-state index < -0.39 is 5.41 Å². The number of likely N-dealkylation sites (tertiary alicyclic amines) is 1. The van der Waals surface area contributed by atoms with E-state index in [0.29, 0.717) is 30.7 Å². The molecule has 0 bridgehead atoms. The summed E-state index contributed by atoms with van der Waals surface area (Å²) in [7, 11) is 1.48. The van der Waals surface area contributed by atoms with Gasteiger partial charge in [0.15, 0.2) is 5.65 Å². The molecule has 0 spiro atoms. The zero-order valence-corrected chi connectivity index (χ0v) is 18.7. The van der Waals surface area contributed by atoms with Crippen molar-refractivity contribution in [3.8, 4) is 0 Å². The van der Waals surface area contributed by atoms with Crippen LogP contribution in [0.25, 0.3) is 5.65 Å². The third-order valence-electron chi connectivity index (χ3n) is 6.19. The van der Waals surface area contributed by atoms with Crippen molar-refractivity contribution in [2.24, 2.45) is 5.41 Å². The summed E-state index contributed by atoms with van der Waals surface area (Å²) >= 11 is 0. The second kappa shape index (κ2) is 8.11. The zero-order chi connectivity index (χ0) is 22.3. The molecule has 2 aliphatic rings. The number of carbonyl (C=O) groups is 2. The fourth-order valence-corrected chi connectivity index (χ4v) is 4.53. The Morgan fingerprint density at radius 2 is 2.03 bits per heavy atom. The average molecular weight is 430 g/mol. The Labute approximate surface area is 181 Å². The van der Waals surface area contributed by atoms with Gasteiger partial charge in [0.1, 0.15) is 6.61 Å². The maximum Gasteiger partial charge on any atom is 0.277 e. The van der Waals surface area contributed by atoms with Crippen molar-refractivity contribution in [2.75, 3.05) is 33.4 Å². The van der Waals surface area contributed by atoms with Crippen LogP contribution in [0.1, 0.15) is 56.5 Å². The highest BCUT2D eigenvalue weighted by atomic mass is 16.5. The number of rotatable bonds is 3. The number of piperidine rings is 1. The van der Waals surface area contributed by atoms with Gasteiger partial charge in [0.2, 0.25) is 11.8 Å². The molecule has 1 atom stereocenters. The Morgan fingerprint density at radius 3 is 2.74 bits per heavy atom. The number of H-pyrrole nitrogens is 1. The lowest BCUT2D eigenvalue weighted by molar-refractivity contribution is -0.140. The van der Waals surface area contributed by atoms with Crippen LogP contribution in [0.2, 0.25) is 0 Å². The van der Waals surface area contributed by atoms with Gasteiger partial charge in [-0.3, -0.25) is 19.5 Å². The summed E-state index contributed by atoms with van der Waals surface area (Å²) in [5, 5.41) is 3.23. The van der Waals surface area contributed by atoms with Crippen LogP contribution < -0.4 is 5.56 Å². The molecule has 2 amide bonds. The summed E-state index contributed by atoms with van der Waals surface area (Å²) in [6.07, 6.45) is 2.43. The number of fused-ring (bicyclic) bond motifs is 2. The number of ether oxygens (including phenoxy) is 1. The van der Waals surface area contributed by atoms with E-state index in [1.165, 1.54) is 11.6 Å². The molecule has 0 aromatic carbocycles. The maximum atomic E-state index is 13.2. The third-order valence-corrected chi connectivity index (χ3v) is 6.19. The molecule has 2 aromatic heterocycles. The van der Waals surface area contributed by atoms with Gasteiger partial charge >= 0.3 is 0 Å². The van der Waals surface area contributed by atoms with Crippen LogP contribution >= 0.6 is 0 Å². The van der Waals surface area contributed by atoms with Gasteiger partial charge in [0, 0.05) is 56.3 Å². The van der Waals surface area contributed by atoms with Crippen molar-refractivity contribution in [3.05, 3.63) is 33.4 Å². The highest BCUT2D eigenvalue weighted by Gasteiger charge is 2.32. The Hall–Kier alpha value is -2.68. The summed E-state index contributed by atoms with van der Waals surface area (Å²) in [6.45, 7) is 8.01. The summed E-state index contributed by atoms with van der Waals surface area (Å²) in [5.41, 5.74) is 2.24. The van der Waals surface area contributed by atoms with Crippen LogP contribution in [0.3, 0.4) is 0 Å². The van der Waals surface area contributed by atoms with Crippen molar-refractivity contribution >= 4 is 17.5 Å². The van der Waals surface area contributed by atoms with E-state index in [9.17, 15) is 14.4 Å². The second-order valence-electron chi connectivity index (χ2n) is 9.59. The molecule has 1 saturated heterocycles. The van der Waals surface area contributed by atoms with E-state index in [0.717, 1.165) is 30.8 Å². The van der Waals surface area contributed by atoms with Crippen molar-refractivity contribution in [2.45, 2.75) is 52.5 Å². The maximum absolute atomic E-state index is 13.2. The van der Waals surface area contributed by atoms with E-state index in [-0.39, 0.29) is 36.4 Å². The van der Waals surface area contributed by atoms with E-state index in [1.807, 2.05) is 31.7 Å². The van der Waals surface area contributed by atoms with E-state index in [1.54, 1.807) is 4.90 Å². The summed E-state index contributed by atoms with van der Waals surface area (Å²) in [5.74, 6) is 0.161. The number of nitrogens with one attached hydrogen (secondary N) is 1. The third kappa shape index (κ3) is 4.11. The largest absolute Gasteiger partial charge is 0.375 e. The van der Waals surface area contributed by atoms with Gasteiger partial charge in [0.05, 0.1) is 17.8 Å². The second-order valence-corrected chi connectivity index (χ2v) is 9.59. The van der Waals surface area contributed by atoms with Crippen LogP contribution in [0, 0.1) is 5.41 Å². The first kappa shape index (κ1) is 21.5. The summed E-state index contributed by atoms with van der Waals surface area (Å²) in [6, 6.07) is 1.93. The number of hydrogen-bond acceptors (Lipinski definition) is 5. The molecular formula is C22H31N5O4. The van der Waals surface area contributed by atoms with Gasteiger partial charge in [-0.2, -0.15) is 0 Å². The number of hydrogen-bond donors (Lipinski definition) is 1. The number of methoxy groups -OCH3 is 1. The predicted molar refractivity (Wildman–Crippen MR) is 115 cm³/mol. The van der Waals surface area contributed by atoms with Gasteiger partial charge < -0.3 is 14.5 Å². The topological polar surface area (TPSA) is 100 Å². The van der Waals surface area contributed by atoms with Gasteiger partial charge in [-0.25, -0.2) is 9.50 Å². The Morgan fingerprint density at radius 1 is 1.26 bits per heavy atom. The molecule has 1 N–H and O–H groups in total. The fraction of sp³-hybridized carbons (Fsp3) is 0.636. The molecule has 2 aliphatic heterocycles. The highest BCUT2D eigenvalue weighted by Crippen LogP contribution is 2.29. The standard InChI is InChI=1S/C22H31N5O4/c1-22(2,3)21(30)26-8-5-6-14(11-26)17-10-18-23-16-7-9-25(19(28)13-31-4)12-15(16)20(29)27(18)24-17/h10,14,24H,5-9,11-13H2,1-4H3. The number of nitrogens with zero attached hydrogens (tertiary/aromatic N) is 4. The van der Waals surface area contributed by atoms with E-state index in [4.69, 9.17) is 9.72 Å². The lowest BCUT2D eigenvalue weighted by atomic mass is 9.90. The molecule has 2 aromatic rings. The highest BCUT2D eigenvalue weighted by molar-refractivity contribution is 5.81. The van der Waals surface area contributed by atoms with Crippen molar-refractivity contribution in [1.82, 2.24) is 24.4 Å². The van der Waals surface area contributed by atoms with Crippen LogP contribution in [-0.4, -0.2) is 69.6 Å². The average Bonchev–Trinajstić information content (AvgIpc) is 3.17. The quantitative estimate of drug-likeness (QED) is 0.793. The first-order chi connectivity index (χ1) is 14.7. The molecule has 9 heteroatoms. The molecular weight excluding hydrogens is 398 g/mol. The predicted octanol–water partition coefficient (Wildman–Crippen LogP) is 1.31. The normalized spacial score (nSPS) is 19.5. The Kier molecular flexibility index (Phi) is 5.63. The molecule has 1 fully saturated rings. The molecule has 168 valence electrons. The lowest BCUT2D eigenvalue weighted by Crippen LogP contribution is -2.44. The number of aromatic amines is 1. The fourth-order valence-electron chi connectivity index (χ4n) is 4.53. The minimum absolute atomic E-state index is 0.00442. The Bertz CT molecular complexity index is 1060. The monoisotopic (exact) mass is 429 g/mol. The van der Waals surface area contributed by atoms with Crippen LogP contribution in [-0.2, 0) is 27.3 Å². The van der Waals surface area contributed by atoms with E-state index >= 15 is 0 Å². The number of carbonyl (C=O) groups excluding carboxylic acids is 2. The molecule has 4 heterocycles. The number of aromatic nitrogens is 3. The molecule has 9 nitrogen and oxygen atoms in total. The van der Waals surface area contributed by atoms with E-state index in [2.05, 4.69) is 5.10 Å². The lowest BCUT2D eigenvalue weighted by Gasteiger charge is -2.36. The molecule has 1 unspecified atom stereocenters. The van der Waals surface area contributed by atoms with Gasteiger partial charge in [-0.15, -0.1) is 0 Å².